The molecule has 0 amide bonds. The number of fused-ring (bicyclic) bond motifs is 1. The molecule has 2 aromatic heterocycles. The number of halogens is 1. The fourth-order valence-electron chi connectivity index (χ4n) is 2.90. The minimum Gasteiger partial charge on any atom is -0.494 e. The molecule has 4 aromatic rings. The highest BCUT2D eigenvalue weighted by atomic mass is 32.2. The quantitative estimate of drug-likeness (QED) is 0.239. The monoisotopic (exact) mass is 410 g/mol. The Kier molecular flexibility index (Phi) is 5.95. The van der Waals surface area contributed by atoms with Crippen LogP contribution in [0, 0.1) is 5.82 Å². The van der Waals surface area contributed by atoms with Crippen molar-refractivity contribution in [3.05, 3.63) is 88.9 Å². The maximum Gasteiger partial charge on any atom is 0.262 e. The first-order valence-corrected chi connectivity index (χ1v) is 10.2. The summed E-state index contributed by atoms with van der Waals surface area (Å²) in [5.41, 5.74) is 0.593. The molecule has 0 spiro atoms. The van der Waals surface area contributed by atoms with Crippen LogP contribution in [-0.2, 0) is 6.54 Å². The van der Waals surface area contributed by atoms with Gasteiger partial charge in [0.25, 0.3) is 5.56 Å². The van der Waals surface area contributed by atoms with Crippen molar-refractivity contribution in [3.63, 3.8) is 0 Å². The van der Waals surface area contributed by atoms with Crippen LogP contribution in [-0.4, -0.2) is 21.9 Å². The van der Waals surface area contributed by atoms with Gasteiger partial charge in [-0.05, 0) is 55.0 Å². The topological polar surface area (TPSA) is 57.3 Å². The molecule has 0 unspecified atom stereocenters. The van der Waals surface area contributed by atoms with Gasteiger partial charge in [0, 0.05) is 5.75 Å². The Morgan fingerprint density at radius 1 is 1.07 bits per heavy atom. The van der Waals surface area contributed by atoms with Gasteiger partial charge in [0.2, 0.25) is 0 Å². The highest BCUT2D eigenvalue weighted by Gasteiger charge is 2.13. The molecule has 29 heavy (non-hydrogen) atoms. The zero-order valence-electron chi connectivity index (χ0n) is 15.6. The number of furan rings is 1. The van der Waals surface area contributed by atoms with Gasteiger partial charge < -0.3 is 9.15 Å². The number of thioether (sulfide) groups is 1. The van der Waals surface area contributed by atoms with Crippen molar-refractivity contribution in [1.82, 2.24) is 9.55 Å². The predicted molar refractivity (Wildman–Crippen MR) is 111 cm³/mol. The number of nitrogens with zero attached hydrogens (tertiary/aromatic N) is 2. The second-order valence-electron chi connectivity index (χ2n) is 6.39. The fraction of sp³-hybridized carbons (Fsp3) is 0.182. The molecule has 0 saturated carbocycles. The van der Waals surface area contributed by atoms with Gasteiger partial charge in [0.15, 0.2) is 5.16 Å². The van der Waals surface area contributed by atoms with Crippen LogP contribution in [0.4, 0.5) is 4.39 Å². The minimum absolute atomic E-state index is 0.0861. The Hall–Kier alpha value is -3.06. The molecule has 0 aliphatic carbocycles. The summed E-state index contributed by atoms with van der Waals surface area (Å²) in [6, 6.07) is 16.9. The Bertz CT molecular complexity index is 1140. The van der Waals surface area contributed by atoms with Crippen LogP contribution in [0.15, 0.2) is 81.3 Å². The molecule has 0 fully saturated rings. The summed E-state index contributed by atoms with van der Waals surface area (Å²) in [6.45, 7) is 0.826. The molecule has 7 heteroatoms. The van der Waals surface area contributed by atoms with E-state index in [0.29, 0.717) is 40.7 Å². The molecule has 0 radical (unpaired) electrons. The Morgan fingerprint density at radius 3 is 2.69 bits per heavy atom. The lowest BCUT2D eigenvalue weighted by Crippen LogP contribution is -2.24. The number of hydrogen-bond acceptors (Lipinski definition) is 5. The molecule has 0 bridgehead atoms. The third-order valence-electron chi connectivity index (χ3n) is 4.32. The van der Waals surface area contributed by atoms with Crippen LogP contribution in [0.2, 0.25) is 0 Å². The number of hydrogen-bond donors (Lipinski definition) is 0. The van der Waals surface area contributed by atoms with Crippen molar-refractivity contribution in [3.8, 4) is 5.75 Å². The van der Waals surface area contributed by atoms with E-state index < -0.39 is 0 Å². The third kappa shape index (κ3) is 4.68. The lowest BCUT2D eigenvalue weighted by molar-refractivity contribution is 0.318. The van der Waals surface area contributed by atoms with E-state index in [1.165, 1.54) is 23.9 Å². The van der Waals surface area contributed by atoms with E-state index >= 15 is 0 Å². The van der Waals surface area contributed by atoms with Gasteiger partial charge in [-0.25, -0.2) is 9.37 Å². The molecule has 148 valence electrons. The maximum atomic E-state index is 13.0. The molecular weight excluding hydrogens is 391 g/mol. The Morgan fingerprint density at radius 2 is 1.90 bits per heavy atom. The summed E-state index contributed by atoms with van der Waals surface area (Å²) >= 11 is 1.51. The molecule has 0 aliphatic heterocycles. The zero-order chi connectivity index (χ0) is 20.1. The first kappa shape index (κ1) is 19.3. The minimum atomic E-state index is -0.287. The van der Waals surface area contributed by atoms with Crippen molar-refractivity contribution in [2.24, 2.45) is 0 Å². The largest absolute Gasteiger partial charge is 0.494 e. The molecule has 5 nitrogen and oxygen atoms in total. The van der Waals surface area contributed by atoms with E-state index in [0.717, 1.165) is 12.2 Å². The standard InChI is InChI=1S/C22H19FN2O3S/c23-16-8-10-17(11-9-16)27-13-4-14-29-22-24-20-7-2-1-6-19(20)21(26)25(22)15-18-5-3-12-28-18/h1-3,5-12H,4,13-15H2. The number of ether oxygens (including phenoxy) is 1. The summed E-state index contributed by atoms with van der Waals surface area (Å²) in [7, 11) is 0. The number of rotatable bonds is 8. The first-order chi connectivity index (χ1) is 14.2. The summed E-state index contributed by atoms with van der Waals surface area (Å²) in [4.78, 5) is 17.7. The van der Waals surface area contributed by atoms with Gasteiger partial charge in [0.05, 0.1) is 30.3 Å². The molecule has 2 heterocycles. The third-order valence-corrected chi connectivity index (χ3v) is 5.39. The summed E-state index contributed by atoms with van der Waals surface area (Å²) in [5, 5.41) is 1.23. The van der Waals surface area contributed by atoms with Crippen molar-refractivity contribution < 1.29 is 13.5 Å². The lowest BCUT2D eigenvalue weighted by Gasteiger charge is -2.12. The zero-order valence-corrected chi connectivity index (χ0v) is 16.4. The molecule has 0 atom stereocenters. The van der Waals surface area contributed by atoms with E-state index in [4.69, 9.17) is 9.15 Å². The normalized spacial score (nSPS) is 11.1. The van der Waals surface area contributed by atoms with Gasteiger partial charge in [0.1, 0.15) is 17.3 Å². The van der Waals surface area contributed by atoms with Crippen molar-refractivity contribution in [2.45, 2.75) is 18.1 Å². The van der Waals surface area contributed by atoms with E-state index in [-0.39, 0.29) is 11.4 Å². The van der Waals surface area contributed by atoms with E-state index in [9.17, 15) is 9.18 Å². The van der Waals surface area contributed by atoms with Gasteiger partial charge in [-0.1, -0.05) is 23.9 Å². The van der Waals surface area contributed by atoms with E-state index in [1.807, 2.05) is 24.3 Å². The molecular formula is C22H19FN2O3S. The second kappa shape index (κ2) is 8.96. The molecule has 2 aromatic carbocycles. The molecule has 0 aliphatic rings. The van der Waals surface area contributed by atoms with Crippen molar-refractivity contribution in [2.75, 3.05) is 12.4 Å². The molecule has 0 N–H and O–H groups in total. The number of benzene rings is 2. The van der Waals surface area contributed by atoms with Gasteiger partial charge in [-0.3, -0.25) is 9.36 Å². The maximum absolute atomic E-state index is 13.0. The van der Waals surface area contributed by atoms with Crippen LogP contribution in [0.3, 0.4) is 0 Å². The molecule has 4 rings (SSSR count). The molecule has 0 saturated heterocycles. The second-order valence-corrected chi connectivity index (χ2v) is 7.45. The Balaban J connectivity index is 1.46. The van der Waals surface area contributed by atoms with Gasteiger partial charge >= 0.3 is 0 Å². The van der Waals surface area contributed by atoms with Crippen LogP contribution < -0.4 is 10.3 Å². The number of para-hydroxylation sites is 1. The predicted octanol–water partition coefficient (Wildman–Crippen LogP) is 4.74. The van der Waals surface area contributed by atoms with Gasteiger partial charge in [-0.2, -0.15) is 0 Å². The summed E-state index contributed by atoms with van der Waals surface area (Å²) < 4.78 is 25.6. The van der Waals surface area contributed by atoms with Gasteiger partial charge in [-0.15, -0.1) is 0 Å². The summed E-state index contributed by atoms with van der Waals surface area (Å²) in [5.74, 6) is 1.77. The first-order valence-electron chi connectivity index (χ1n) is 9.24. The van der Waals surface area contributed by atoms with E-state index in [2.05, 4.69) is 4.98 Å². The lowest BCUT2D eigenvalue weighted by atomic mass is 10.2. The van der Waals surface area contributed by atoms with Crippen molar-refractivity contribution >= 4 is 22.7 Å². The highest BCUT2D eigenvalue weighted by Crippen LogP contribution is 2.20. The SMILES string of the molecule is O=c1c2ccccc2nc(SCCCOc2ccc(F)cc2)n1Cc1ccco1. The fourth-order valence-corrected chi connectivity index (χ4v) is 3.81. The highest BCUT2D eigenvalue weighted by molar-refractivity contribution is 7.99. The summed E-state index contributed by atoms with van der Waals surface area (Å²) in [6.07, 6.45) is 2.35. The van der Waals surface area contributed by atoms with Crippen LogP contribution in [0.1, 0.15) is 12.2 Å². The van der Waals surface area contributed by atoms with Crippen LogP contribution in [0.5, 0.6) is 5.75 Å². The van der Waals surface area contributed by atoms with Crippen molar-refractivity contribution in [1.29, 1.82) is 0 Å². The average molecular weight is 410 g/mol. The average Bonchev–Trinajstić information content (AvgIpc) is 3.25. The van der Waals surface area contributed by atoms with Crippen LogP contribution >= 0.6 is 11.8 Å². The Labute approximate surface area is 171 Å². The number of aromatic nitrogens is 2. The van der Waals surface area contributed by atoms with Crippen LogP contribution in [0.25, 0.3) is 10.9 Å². The smallest absolute Gasteiger partial charge is 0.262 e. The van der Waals surface area contributed by atoms with E-state index in [1.54, 1.807) is 35.1 Å².